The van der Waals surface area contributed by atoms with Crippen LogP contribution in [0.5, 0.6) is 11.5 Å². The van der Waals surface area contributed by atoms with Crippen LogP contribution in [-0.2, 0) is 24.6 Å². The standard InChI is InChI=1S/C43H32BrCl2N3O6/c1-55-27-14-7-23(8-15-27)43-33(40(52)49(42(43)54)47-35-19-11-25(45)20-34(35)46)21-32-29(37(43)31-16-6-22-4-2-3-5-28(22)38(31)50)17-18-30-36(32)41(53)48(39(30)51)26-12-9-24(44)10-13-26/h2-17,19-20,30,32-33,36-37,47,50H,18,21H2,1H3/t30-,32+,33-,36-,37+,43+/m0/s1. The molecule has 5 aromatic carbocycles. The Bertz CT molecular complexity index is 2490. The number of carbonyl (C=O) groups is 4. The maximum absolute atomic E-state index is 15.6. The Balaban J connectivity index is 1.27. The number of nitrogens with one attached hydrogen (secondary N) is 1. The summed E-state index contributed by atoms with van der Waals surface area (Å²) in [6.45, 7) is 0. The number of ether oxygens (including phenoxy) is 1. The zero-order chi connectivity index (χ0) is 38.3. The smallest absolute Gasteiger partial charge is 0.260 e. The fourth-order valence-electron chi connectivity index (χ4n) is 9.54. The van der Waals surface area contributed by atoms with E-state index in [1.165, 1.54) is 11.0 Å². The summed E-state index contributed by atoms with van der Waals surface area (Å²) in [5.41, 5.74) is 3.84. The fraction of sp³-hybridized carbons (Fsp3) is 0.209. The van der Waals surface area contributed by atoms with Gasteiger partial charge in [0.1, 0.15) is 11.5 Å². The summed E-state index contributed by atoms with van der Waals surface area (Å²) >= 11 is 16.2. The molecule has 0 radical (unpaired) electrons. The highest BCUT2D eigenvalue weighted by Crippen LogP contribution is 2.65. The molecule has 55 heavy (non-hydrogen) atoms. The Kier molecular flexibility index (Phi) is 8.56. The van der Waals surface area contributed by atoms with Gasteiger partial charge in [0.25, 0.3) is 11.8 Å². The molecule has 0 bridgehead atoms. The predicted molar refractivity (Wildman–Crippen MR) is 213 cm³/mol. The van der Waals surface area contributed by atoms with Crippen molar-refractivity contribution in [3.8, 4) is 11.5 Å². The minimum absolute atomic E-state index is 0.0314. The van der Waals surface area contributed by atoms with E-state index in [1.807, 2.05) is 36.4 Å². The van der Waals surface area contributed by atoms with E-state index in [9.17, 15) is 14.7 Å². The van der Waals surface area contributed by atoms with Crippen LogP contribution in [0.15, 0.2) is 119 Å². The molecule has 0 aromatic heterocycles. The number of phenols is 1. The summed E-state index contributed by atoms with van der Waals surface area (Å²) in [7, 11) is 1.55. The quantitative estimate of drug-likeness (QED) is 0.130. The fourth-order valence-corrected chi connectivity index (χ4v) is 10.3. The average molecular weight is 838 g/mol. The molecule has 5 aromatic rings. The molecule has 1 saturated carbocycles. The van der Waals surface area contributed by atoms with E-state index in [2.05, 4.69) is 21.4 Å². The maximum atomic E-state index is 15.6. The summed E-state index contributed by atoms with van der Waals surface area (Å²) in [5, 5.41) is 15.2. The monoisotopic (exact) mass is 835 g/mol. The first kappa shape index (κ1) is 35.5. The van der Waals surface area contributed by atoms with Crippen molar-refractivity contribution in [1.82, 2.24) is 5.01 Å². The van der Waals surface area contributed by atoms with E-state index in [1.54, 1.807) is 73.8 Å². The third kappa shape index (κ3) is 5.25. The van der Waals surface area contributed by atoms with Crippen LogP contribution in [-0.4, -0.2) is 40.9 Å². The van der Waals surface area contributed by atoms with Gasteiger partial charge in [-0.25, -0.2) is 0 Å². The number of methoxy groups -OCH3 is 1. The van der Waals surface area contributed by atoms with Crippen LogP contribution in [0.25, 0.3) is 10.8 Å². The van der Waals surface area contributed by atoms with E-state index < -0.39 is 46.8 Å². The first-order valence-corrected chi connectivity index (χ1v) is 19.4. The van der Waals surface area contributed by atoms with Crippen molar-refractivity contribution in [3.05, 3.63) is 140 Å². The number of amides is 4. The number of benzene rings is 5. The molecule has 9 nitrogen and oxygen atoms in total. The van der Waals surface area contributed by atoms with Gasteiger partial charge in [-0.1, -0.05) is 99.3 Å². The number of rotatable bonds is 6. The third-order valence-corrected chi connectivity index (χ3v) is 13.0. The second-order valence-electron chi connectivity index (χ2n) is 14.4. The topological polar surface area (TPSA) is 116 Å². The first-order valence-electron chi connectivity index (χ1n) is 17.8. The van der Waals surface area contributed by atoms with Crippen LogP contribution >= 0.6 is 39.1 Å². The number of imide groups is 2. The van der Waals surface area contributed by atoms with Gasteiger partial charge in [0.05, 0.1) is 46.7 Å². The van der Waals surface area contributed by atoms with Gasteiger partial charge in [0.2, 0.25) is 11.8 Å². The third-order valence-electron chi connectivity index (χ3n) is 11.9. The number of hydrazine groups is 1. The van der Waals surface area contributed by atoms with Crippen molar-refractivity contribution in [2.75, 3.05) is 17.4 Å². The molecule has 0 spiro atoms. The number of allylic oxidation sites excluding steroid dienone is 2. The Morgan fingerprint density at radius 2 is 1.60 bits per heavy atom. The van der Waals surface area contributed by atoms with Gasteiger partial charge in [0, 0.05) is 26.4 Å². The highest BCUT2D eigenvalue weighted by Gasteiger charge is 2.70. The summed E-state index contributed by atoms with van der Waals surface area (Å²) < 4.78 is 6.30. The van der Waals surface area contributed by atoms with Gasteiger partial charge in [-0.2, -0.15) is 5.01 Å². The second-order valence-corrected chi connectivity index (χ2v) is 16.2. The number of halogens is 3. The van der Waals surface area contributed by atoms with Crippen LogP contribution in [0, 0.1) is 23.7 Å². The zero-order valence-electron chi connectivity index (χ0n) is 29.2. The Hall–Kier alpha value is -5.16. The number of anilines is 2. The molecule has 9 rings (SSSR count). The molecule has 2 aliphatic heterocycles. The van der Waals surface area contributed by atoms with Crippen molar-refractivity contribution < 1.29 is 29.0 Å². The molecule has 0 unspecified atom stereocenters. The van der Waals surface area contributed by atoms with E-state index >= 15 is 9.59 Å². The van der Waals surface area contributed by atoms with Crippen LogP contribution in [0.3, 0.4) is 0 Å². The number of carbonyl (C=O) groups excluding carboxylic acids is 4. The van der Waals surface area contributed by atoms with Crippen molar-refractivity contribution in [2.45, 2.75) is 24.2 Å². The molecular formula is C43H32BrCl2N3O6. The molecule has 12 heteroatoms. The highest BCUT2D eigenvalue weighted by molar-refractivity contribution is 9.10. The first-order chi connectivity index (χ1) is 26.5. The number of hydrogen-bond acceptors (Lipinski definition) is 7. The predicted octanol–water partition coefficient (Wildman–Crippen LogP) is 8.81. The molecule has 276 valence electrons. The SMILES string of the molecule is COc1ccc([C@@]23C(=O)N(Nc4ccc(Cl)cc4Cl)C(=O)[C@@H]2C[C@@H]2C(=CC[C@@H]4C(=O)N(c5ccc(Br)cc5)C(=O)[C@@H]42)[C@@H]3c2ccc3ccccc3c2O)cc1. The van der Waals surface area contributed by atoms with Crippen LogP contribution < -0.4 is 15.1 Å². The molecule has 4 amide bonds. The van der Waals surface area contributed by atoms with Crippen molar-refractivity contribution in [1.29, 1.82) is 0 Å². The van der Waals surface area contributed by atoms with E-state index in [0.717, 1.165) is 20.4 Å². The number of aromatic hydroxyl groups is 1. The van der Waals surface area contributed by atoms with Crippen LogP contribution in [0.1, 0.15) is 29.9 Å². The Morgan fingerprint density at radius 1 is 0.855 bits per heavy atom. The zero-order valence-corrected chi connectivity index (χ0v) is 32.3. The minimum Gasteiger partial charge on any atom is -0.507 e. The number of hydrogen-bond donors (Lipinski definition) is 2. The number of nitrogens with zero attached hydrogens (tertiary/aromatic N) is 2. The van der Waals surface area contributed by atoms with E-state index in [0.29, 0.717) is 38.7 Å². The lowest BCUT2D eigenvalue weighted by Gasteiger charge is -2.50. The molecule has 2 saturated heterocycles. The largest absolute Gasteiger partial charge is 0.507 e. The lowest BCUT2D eigenvalue weighted by Crippen LogP contribution is -2.53. The van der Waals surface area contributed by atoms with Crippen molar-refractivity contribution >= 4 is 84.9 Å². The van der Waals surface area contributed by atoms with Gasteiger partial charge >= 0.3 is 0 Å². The van der Waals surface area contributed by atoms with Crippen molar-refractivity contribution in [3.63, 3.8) is 0 Å². The lowest BCUT2D eigenvalue weighted by atomic mass is 9.49. The molecule has 4 aliphatic rings. The van der Waals surface area contributed by atoms with E-state index in [4.69, 9.17) is 27.9 Å². The molecule has 2 N–H and O–H groups in total. The molecule has 2 heterocycles. The van der Waals surface area contributed by atoms with Crippen LogP contribution in [0.4, 0.5) is 11.4 Å². The summed E-state index contributed by atoms with van der Waals surface area (Å²) in [6, 6.07) is 29.9. The Labute approximate surface area is 334 Å². The van der Waals surface area contributed by atoms with Gasteiger partial charge in [-0.3, -0.25) is 29.5 Å². The second kappa shape index (κ2) is 13.3. The maximum Gasteiger partial charge on any atom is 0.260 e. The highest BCUT2D eigenvalue weighted by atomic mass is 79.9. The van der Waals surface area contributed by atoms with Gasteiger partial charge in [0.15, 0.2) is 0 Å². The van der Waals surface area contributed by atoms with Gasteiger partial charge < -0.3 is 9.84 Å². The van der Waals surface area contributed by atoms with Crippen LogP contribution in [0.2, 0.25) is 10.0 Å². The molecule has 3 fully saturated rings. The molecule has 6 atom stereocenters. The summed E-state index contributed by atoms with van der Waals surface area (Å²) in [5.74, 6) is -5.26. The normalized spacial score (nSPS) is 25.8. The van der Waals surface area contributed by atoms with Gasteiger partial charge in [-0.05, 0) is 84.3 Å². The van der Waals surface area contributed by atoms with E-state index in [-0.39, 0.29) is 35.4 Å². The minimum atomic E-state index is -1.61. The summed E-state index contributed by atoms with van der Waals surface area (Å²) in [4.78, 5) is 60.6. The lowest BCUT2D eigenvalue weighted by molar-refractivity contribution is -0.138. The number of phenolic OH excluding ortho intramolecular Hbond substituents is 1. The molecule has 2 aliphatic carbocycles. The Morgan fingerprint density at radius 3 is 2.33 bits per heavy atom. The van der Waals surface area contributed by atoms with Crippen molar-refractivity contribution in [2.24, 2.45) is 23.7 Å². The van der Waals surface area contributed by atoms with Gasteiger partial charge in [-0.15, -0.1) is 0 Å². The summed E-state index contributed by atoms with van der Waals surface area (Å²) in [6.07, 6.45) is 2.30. The number of fused-ring (bicyclic) bond motifs is 5. The average Bonchev–Trinajstić information content (AvgIpc) is 3.57. The molecular weight excluding hydrogens is 805 g/mol.